The van der Waals surface area contributed by atoms with Gasteiger partial charge in [-0.1, -0.05) is 11.6 Å². The van der Waals surface area contributed by atoms with Crippen molar-refractivity contribution in [2.75, 3.05) is 26.1 Å². The highest BCUT2D eigenvalue weighted by Crippen LogP contribution is 2.56. The molecule has 0 aliphatic heterocycles. The minimum atomic E-state index is -4.29. The number of hydrogen-bond acceptors (Lipinski definition) is 11. The Morgan fingerprint density at radius 3 is 2.19 bits per heavy atom. The van der Waals surface area contributed by atoms with E-state index in [0.29, 0.717) is 0 Å². The number of aromatic nitrogens is 7. The first-order valence-electron chi connectivity index (χ1n) is 10.3. The number of nitrogens with one attached hydrogen (secondary N) is 1. The summed E-state index contributed by atoms with van der Waals surface area (Å²) in [7, 11) is -0.414. The monoisotopic (exact) mass is 546 g/mol. The molecule has 3 heterocycles. The second-order valence-corrected chi connectivity index (χ2v) is 10.2. The third-order valence-electron chi connectivity index (χ3n) is 5.49. The summed E-state index contributed by atoms with van der Waals surface area (Å²) >= 11 is 5.82. The molecule has 0 saturated heterocycles. The van der Waals surface area contributed by atoms with Crippen LogP contribution in [0.5, 0.6) is 11.8 Å². The van der Waals surface area contributed by atoms with Crippen molar-refractivity contribution in [3.63, 3.8) is 0 Å². The average molecular weight is 547 g/mol. The number of sulfonamides is 1. The van der Waals surface area contributed by atoms with Crippen LogP contribution in [-0.4, -0.2) is 75.6 Å². The Labute approximate surface area is 209 Å². The molecule has 36 heavy (non-hydrogen) atoms. The Morgan fingerprint density at radius 2 is 1.69 bits per heavy atom. The van der Waals surface area contributed by atoms with Crippen molar-refractivity contribution in [3.05, 3.63) is 35.4 Å². The van der Waals surface area contributed by atoms with Gasteiger partial charge in [0.2, 0.25) is 27.7 Å². The summed E-state index contributed by atoms with van der Waals surface area (Å²) in [6.07, 6.45) is 2.14. The maximum Gasteiger partial charge on any atom is 0.259 e. The second-order valence-electron chi connectivity index (χ2n) is 7.74. The Kier molecular flexibility index (Phi) is 6.94. The van der Waals surface area contributed by atoms with E-state index in [0.717, 1.165) is 10.9 Å². The van der Waals surface area contributed by atoms with Gasteiger partial charge in [0.1, 0.15) is 23.5 Å². The van der Waals surface area contributed by atoms with Crippen LogP contribution in [0.2, 0.25) is 5.02 Å². The fourth-order valence-corrected chi connectivity index (χ4v) is 4.73. The van der Waals surface area contributed by atoms with Gasteiger partial charge in [-0.2, -0.15) is 9.97 Å². The molecule has 3 aromatic heterocycles. The summed E-state index contributed by atoms with van der Waals surface area (Å²) in [6.45, 7) is 1.36. The molecule has 1 saturated carbocycles. The lowest BCUT2D eigenvalue weighted by Gasteiger charge is -2.22. The third-order valence-corrected chi connectivity index (χ3v) is 7.38. The number of methoxy groups -OCH3 is 3. The van der Waals surface area contributed by atoms with Crippen molar-refractivity contribution >= 4 is 27.6 Å². The second kappa shape index (κ2) is 9.67. The van der Waals surface area contributed by atoms with Gasteiger partial charge < -0.3 is 14.2 Å². The number of anilines is 1. The van der Waals surface area contributed by atoms with Crippen LogP contribution in [0, 0.1) is 0 Å². The molecule has 0 amide bonds. The van der Waals surface area contributed by atoms with E-state index >= 15 is 0 Å². The standard InChI is InChI=1S/C19H21ClF2N8O5S/c1-9(13(33-2)14-23-6-10(20)7-24-14)36(31,32)29-18-28-27-15(11-5-19(11,21)22)30(18)12-16(34-3)25-8-26-17(12)35-4/h6-9,11,13H,5H2,1-4H3,(H,28,29)/t9?,11-,13?/m0/s1. The summed E-state index contributed by atoms with van der Waals surface area (Å²) in [5.74, 6) is -5.07. The predicted molar refractivity (Wildman–Crippen MR) is 121 cm³/mol. The van der Waals surface area contributed by atoms with Gasteiger partial charge >= 0.3 is 0 Å². The Bertz CT molecular complexity index is 1340. The molecule has 13 nitrogen and oxygen atoms in total. The fourth-order valence-electron chi connectivity index (χ4n) is 3.50. The molecule has 0 aromatic carbocycles. The quantitative estimate of drug-likeness (QED) is 0.397. The molecule has 0 radical (unpaired) electrons. The van der Waals surface area contributed by atoms with Gasteiger partial charge in [-0.3, -0.25) is 9.29 Å². The van der Waals surface area contributed by atoms with Gasteiger partial charge in [0.05, 0.1) is 25.2 Å². The molecule has 17 heteroatoms. The summed E-state index contributed by atoms with van der Waals surface area (Å²) in [5, 5.41) is 6.68. The van der Waals surface area contributed by atoms with E-state index in [1.807, 2.05) is 0 Å². The van der Waals surface area contributed by atoms with Crippen LogP contribution >= 0.6 is 11.6 Å². The normalized spacial score (nSPS) is 18.4. The molecular formula is C19H21ClF2N8O5S. The number of nitrogens with zero attached hydrogens (tertiary/aromatic N) is 7. The highest BCUT2D eigenvalue weighted by Gasteiger charge is 2.60. The van der Waals surface area contributed by atoms with Crippen LogP contribution in [-0.2, 0) is 14.8 Å². The first kappa shape index (κ1) is 25.8. The third kappa shape index (κ3) is 4.75. The highest BCUT2D eigenvalue weighted by atomic mass is 35.5. The maximum atomic E-state index is 14.0. The largest absolute Gasteiger partial charge is 0.479 e. The fraction of sp³-hybridized carbons (Fsp3) is 0.474. The SMILES string of the molecule is COc1ncnc(OC)c1-n1c(NS(=O)(=O)C(C)C(OC)c2ncc(Cl)cn2)nnc1[C@@H]1CC1(F)F. The minimum absolute atomic E-state index is 0.0557. The van der Waals surface area contributed by atoms with Crippen LogP contribution in [0.25, 0.3) is 5.69 Å². The molecule has 3 aromatic rings. The van der Waals surface area contributed by atoms with E-state index in [1.165, 1.54) is 40.6 Å². The molecule has 2 unspecified atom stereocenters. The van der Waals surface area contributed by atoms with Crippen molar-refractivity contribution in [1.82, 2.24) is 34.7 Å². The zero-order valence-electron chi connectivity index (χ0n) is 19.4. The Balaban J connectivity index is 1.78. The number of rotatable bonds is 10. The number of halogens is 3. The molecule has 194 valence electrons. The molecule has 1 N–H and O–H groups in total. The van der Waals surface area contributed by atoms with E-state index in [2.05, 4.69) is 34.9 Å². The van der Waals surface area contributed by atoms with Gasteiger partial charge in [0.15, 0.2) is 11.5 Å². The van der Waals surface area contributed by atoms with Crippen LogP contribution in [0.3, 0.4) is 0 Å². The maximum absolute atomic E-state index is 14.0. The van der Waals surface area contributed by atoms with Gasteiger partial charge in [-0.25, -0.2) is 27.2 Å². The van der Waals surface area contributed by atoms with Crippen LogP contribution in [0.15, 0.2) is 18.7 Å². The Morgan fingerprint density at radius 1 is 1.11 bits per heavy atom. The summed E-state index contributed by atoms with van der Waals surface area (Å²) in [4.78, 5) is 16.0. The highest BCUT2D eigenvalue weighted by molar-refractivity contribution is 7.93. The van der Waals surface area contributed by atoms with E-state index in [-0.39, 0.29) is 34.1 Å². The van der Waals surface area contributed by atoms with E-state index in [1.54, 1.807) is 0 Å². The van der Waals surface area contributed by atoms with Crippen molar-refractivity contribution in [1.29, 1.82) is 0 Å². The zero-order valence-corrected chi connectivity index (χ0v) is 21.0. The first-order chi connectivity index (χ1) is 17.0. The van der Waals surface area contributed by atoms with Gasteiger partial charge in [-0.05, 0) is 6.92 Å². The van der Waals surface area contributed by atoms with Gasteiger partial charge in [-0.15, -0.1) is 10.2 Å². The van der Waals surface area contributed by atoms with Crippen LogP contribution in [0.4, 0.5) is 14.7 Å². The van der Waals surface area contributed by atoms with Crippen LogP contribution in [0.1, 0.15) is 37.0 Å². The smallest absolute Gasteiger partial charge is 0.259 e. The van der Waals surface area contributed by atoms with Gasteiger partial charge in [0, 0.05) is 25.9 Å². The predicted octanol–water partition coefficient (Wildman–Crippen LogP) is 2.16. The molecule has 1 fully saturated rings. The molecule has 0 spiro atoms. The van der Waals surface area contributed by atoms with E-state index in [4.69, 9.17) is 25.8 Å². The van der Waals surface area contributed by atoms with Crippen molar-refractivity contribution in [2.24, 2.45) is 0 Å². The van der Waals surface area contributed by atoms with Gasteiger partial charge in [0.25, 0.3) is 5.92 Å². The Hall–Kier alpha value is -3.24. The van der Waals surface area contributed by atoms with Crippen LogP contribution < -0.4 is 14.2 Å². The molecule has 1 aliphatic rings. The van der Waals surface area contributed by atoms with E-state index in [9.17, 15) is 17.2 Å². The number of hydrogen-bond donors (Lipinski definition) is 1. The average Bonchev–Trinajstić information content (AvgIpc) is 3.30. The zero-order chi connectivity index (χ0) is 26.3. The summed E-state index contributed by atoms with van der Waals surface area (Å²) < 4.78 is 74.0. The lowest BCUT2D eigenvalue weighted by molar-refractivity contribution is 0.0950. The first-order valence-corrected chi connectivity index (χ1v) is 12.2. The number of ether oxygens (including phenoxy) is 3. The van der Waals surface area contributed by atoms with Crippen molar-refractivity contribution in [3.8, 4) is 17.4 Å². The summed E-state index contributed by atoms with van der Waals surface area (Å²) in [6, 6.07) is 0. The van der Waals surface area contributed by atoms with E-state index < -0.39 is 45.6 Å². The lowest BCUT2D eigenvalue weighted by Crippen LogP contribution is -2.33. The number of alkyl halides is 2. The van der Waals surface area contributed by atoms with Crippen molar-refractivity contribution < 1.29 is 31.4 Å². The van der Waals surface area contributed by atoms with Crippen molar-refractivity contribution in [2.45, 2.75) is 36.5 Å². The molecule has 0 bridgehead atoms. The topological polar surface area (TPSA) is 156 Å². The molecular weight excluding hydrogens is 526 g/mol. The molecule has 1 aliphatic carbocycles. The molecule has 3 atom stereocenters. The minimum Gasteiger partial charge on any atom is -0.479 e. The lowest BCUT2D eigenvalue weighted by atomic mass is 10.2. The molecule has 4 rings (SSSR count). The summed E-state index contributed by atoms with van der Waals surface area (Å²) in [5.41, 5.74) is -0.0557.